The molecule has 0 radical (unpaired) electrons. The maximum atomic E-state index is 11.5. The Bertz CT molecular complexity index is 1520. The highest BCUT2D eigenvalue weighted by molar-refractivity contribution is 5.74. The van der Waals surface area contributed by atoms with Crippen molar-refractivity contribution in [3.8, 4) is 11.1 Å². The van der Waals surface area contributed by atoms with Crippen LogP contribution in [-0.2, 0) is 34.0 Å². The lowest BCUT2D eigenvalue weighted by atomic mass is 9.97. The van der Waals surface area contributed by atoms with E-state index in [9.17, 15) is 9.90 Å². The molecule has 2 heterocycles. The maximum absolute atomic E-state index is 11.5. The van der Waals surface area contributed by atoms with Gasteiger partial charge in [-0.2, -0.15) is 0 Å². The molecule has 0 spiro atoms. The van der Waals surface area contributed by atoms with Crippen LogP contribution in [0.3, 0.4) is 0 Å². The van der Waals surface area contributed by atoms with E-state index < -0.39 is 6.29 Å². The molecule has 6 rings (SSSR count). The number of nitrogens with zero attached hydrogens (tertiary/aromatic N) is 2. The van der Waals surface area contributed by atoms with Gasteiger partial charge in [-0.25, -0.2) is 0 Å². The lowest BCUT2D eigenvalue weighted by Crippen LogP contribution is -2.49. The van der Waals surface area contributed by atoms with Gasteiger partial charge >= 0.3 is 0 Å². The summed E-state index contributed by atoms with van der Waals surface area (Å²) in [6, 6.07) is 35.3. The molecule has 7 nitrogen and oxygen atoms in total. The molecule has 7 heteroatoms. The molecule has 0 saturated carbocycles. The summed E-state index contributed by atoms with van der Waals surface area (Å²) < 4.78 is 13.3. The summed E-state index contributed by atoms with van der Waals surface area (Å²) in [6.45, 7) is 8.01. The highest BCUT2D eigenvalue weighted by atomic mass is 16.7. The summed E-state index contributed by atoms with van der Waals surface area (Å²) in [5, 5.41) is 12.5. The van der Waals surface area contributed by atoms with Crippen molar-refractivity contribution in [3.05, 3.63) is 131 Å². The predicted molar refractivity (Wildman–Crippen MR) is 176 cm³/mol. The van der Waals surface area contributed by atoms with Gasteiger partial charge in [0.2, 0.25) is 5.91 Å². The van der Waals surface area contributed by atoms with Gasteiger partial charge in [0.05, 0.1) is 18.8 Å². The molecule has 2 fully saturated rings. The Morgan fingerprint density at radius 2 is 1.44 bits per heavy atom. The first kappa shape index (κ1) is 31.1. The lowest BCUT2D eigenvalue weighted by molar-refractivity contribution is -0.253. The Hall–Kier alpha value is -3.85. The van der Waals surface area contributed by atoms with E-state index in [-0.39, 0.29) is 24.7 Å². The average molecular weight is 606 g/mol. The fourth-order valence-electron chi connectivity index (χ4n) is 6.29. The fraction of sp³-hybridized carbons (Fsp3) is 0.342. The maximum Gasteiger partial charge on any atom is 0.217 e. The van der Waals surface area contributed by atoms with Crippen LogP contribution >= 0.6 is 0 Å². The zero-order valence-electron chi connectivity index (χ0n) is 26.0. The first-order chi connectivity index (χ1) is 22.0. The molecule has 0 bridgehead atoms. The van der Waals surface area contributed by atoms with Crippen molar-refractivity contribution >= 4 is 5.91 Å². The van der Waals surface area contributed by atoms with Crippen LogP contribution < -0.4 is 5.32 Å². The van der Waals surface area contributed by atoms with E-state index in [0.717, 1.165) is 79.1 Å². The Morgan fingerprint density at radius 1 is 0.778 bits per heavy atom. The van der Waals surface area contributed by atoms with Gasteiger partial charge in [-0.3, -0.25) is 14.6 Å². The van der Waals surface area contributed by atoms with Crippen LogP contribution in [0.15, 0.2) is 103 Å². The summed E-state index contributed by atoms with van der Waals surface area (Å²) in [7, 11) is 0. The summed E-state index contributed by atoms with van der Waals surface area (Å²) in [5.74, 6) is -0.0454. The van der Waals surface area contributed by atoms with Crippen molar-refractivity contribution in [3.63, 3.8) is 0 Å². The minimum Gasteiger partial charge on any atom is -0.392 e. The van der Waals surface area contributed by atoms with Crippen LogP contribution in [0.25, 0.3) is 11.1 Å². The van der Waals surface area contributed by atoms with E-state index in [2.05, 4.69) is 87.9 Å². The van der Waals surface area contributed by atoms with Gasteiger partial charge in [-0.05, 0) is 33.4 Å². The highest BCUT2D eigenvalue weighted by Gasteiger charge is 2.33. The van der Waals surface area contributed by atoms with Crippen molar-refractivity contribution in [1.29, 1.82) is 0 Å². The molecule has 2 saturated heterocycles. The highest BCUT2D eigenvalue weighted by Crippen LogP contribution is 2.39. The minimum absolute atomic E-state index is 0.0185. The number of hydrogen-bond acceptors (Lipinski definition) is 6. The van der Waals surface area contributed by atoms with Crippen molar-refractivity contribution in [2.75, 3.05) is 32.7 Å². The molecule has 1 amide bonds. The largest absolute Gasteiger partial charge is 0.392 e. The number of hydrogen-bond donors (Lipinski definition) is 2. The van der Waals surface area contributed by atoms with Gasteiger partial charge in [0.15, 0.2) is 6.29 Å². The number of benzene rings is 4. The number of carbonyl (C=O) groups excluding carboxylic acids is 1. The molecule has 3 unspecified atom stereocenters. The predicted octanol–water partition coefficient (Wildman–Crippen LogP) is 5.85. The third-order valence-corrected chi connectivity index (χ3v) is 8.83. The molecule has 4 aromatic carbocycles. The van der Waals surface area contributed by atoms with E-state index in [4.69, 9.17) is 9.47 Å². The van der Waals surface area contributed by atoms with Gasteiger partial charge in [0.1, 0.15) is 0 Å². The molecule has 2 aliphatic heterocycles. The molecule has 2 aliphatic rings. The van der Waals surface area contributed by atoms with Gasteiger partial charge in [0, 0.05) is 64.7 Å². The zero-order valence-corrected chi connectivity index (χ0v) is 26.0. The first-order valence-corrected chi connectivity index (χ1v) is 16.0. The van der Waals surface area contributed by atoms with Crippen molar-refractivity contribution < 1.29 is 19.4 Å². The second-order valence-corrected chi connectivity index (χ2v) is 12.1. The number of piperazine rings is 1. The van der Waals surface area contributed by atoms with E-state index in [1.54, 1.807) is 0 Å². The van der Waals surface area contributed by atoms with Gasteiger partial charge in [-0.15, -0.1) is 0 Å². The molecule has 4 aromatic rings. The third-order valence-electron chi connectivity index (χ3n) is 8.83. The monoisotopic (exact) mass is 605 g/mol. The molecule has 0 aromatic heterocycles. The standard InChI is InChI=1S/C38H43N3O4/c1-28(43)39-24-34-9-5-6-10-36(34)31-15-17-33(18-16-31)38-44-35(23-37(45-38)32-13-11-30(27-42)12-14-32)26-41-21-19-40(20-22-41)25-29-7-3-2-4-8-29/h2-18,35,37-38,42H,19-27H2,1H3,(H,39,43). The summed E-state index contributed by atoms with van der Waals surface area (Å²) in [4.78, 5) is 16.6. The number of rotatable bonds is 10. The van der Waals surface area contributed by atoms with E-state index >= 15 is 0 Å². The third kappa shape index (κ3) is 8.25. The van der Waals surface area contributed by atoms with Crippen LogP contribution in [0, 0.1) is 0 Å². The molecule has 45 heavy (non-hydrogen) atoms. The van der Waals surface area contributed by atoms with E-state index in [0.29, 0.717) is 6.54 Å². The molecule has 0 aliphatic carbocycles. The van der Waals surface area contributed by atoms with Crippen LogP contribution in [0.4, 0.5) is 0 Å². The zero-order chi connectivity index (χ0) is 31.0. The number of aliphatic hydroxyl groups is 1. The Kier molecular flexibility index (Phi) is 10.4. The van der Waals surface area contributed by atoms with Crippen molar-refractivity contribution in [2.45, 2.75) is 51.5 Å². The minimum atomic E-state index is -0.491. The van der Waals surface area contributed by atoms with Crippen LogP contribution in [0.2, 0.25) is 0 Å². The van der Waals surface area contributed by atoms with E-state index in [1.807, 2.05) is 30.3 Å². The molecule has 3 atom stereocenters. The second kappa shape index (κ2) is 15.0. The van der Waals surface area contributed by atoms with Gasteiger partial charge < -0.3 is 19.9 Å². The van der Waals surface area contributed by atoms with Crippen LogP contribution in [0.1, 0.15) is 53.6 Å². The quantitative estimate of drug-likeness (QED) is 0.237. The number of nitrogens with one attached hydrogen (secondary N) is 1. The second-order valence-electron chi connectivity index (χ2n) is 12.1. The molecular weight excluding hydrogens is 562 g/mol. The molecular formula is C38H43N3O4. The lowest BCUT2D eigenvalue weighted by Gasteiger charge is -2.40. The number of aliphatic hydroxyl groups excluding tert-OH is 1. The van der Waals surface area contributed by atoms with Crippen LogP contribution in [0.5, 0.6) is 0 Å². The van der Waals surface area contributed by atoms with Gasteiger partial charge in [0.25, 0.3) is 0 Å². The van der Waals surface area contributed by atoms with E-state index in [1.165, 1.54) is 12.5 Å². The summed E-state index contributed by atoms with van der Waals surface area (Å²) in [6.07, 6.45) is 0.187. The van der Waals surface area contributed by atoms with Crippen molar-refractivity contribution in [2.24, 2.45) is 0 Å². The Balaban J connectivity index is 1.15. The first-order valence-electron chi connectivity index (χ1n) is 16.0. The van der Waals surface area contributed by atoms with Crippen molar-refractivity contribution in [1.82, 2.24) is 15.1 Å². The summed E-state index contributed by atoms with van der Waals surface area (Å²) >= 11 is 0. The Morgan fingerprint density at radius 3 is 2.16 bits per heavy atom. The van der Waals surface area contributed by atoms with Crippen LogP contribution in [-0.4, -0.2) is 59.6 Å². The summed E-state index contributed by atoms with van der Waals surface area (Å²) in [5.41, 5.74) is 7.57. The number of amides is 1. The average Bonchev–Trinajstić information content (AvgIpc) is 3.09. The fourth-order valence-corrected chi connectivity index (χ4v) is 6.29. The molecule has 234 valence electrons. The molecule has 2 N–H and O–H groups in total. The number of carbonyl (C=O) groups is 1. The SMILES string of the molecule is CC(=O)NCc1ccccc1-c1ccc(C2OC(CN3CCN(Cc4ccccc4)CC3)CC(c3ccc(CO)cc3)O2)cc1. The smallest absolute Gasteiger partial charge is 0.217 e. The normalized spacial score (nSPS) is 21.0. The topological polar surface area (TPSA) is 74.3 Å². The number of ether oxygens (including phenoxy) is 2. The Labute approximate surface area is 266 Å². The van der Waals surface area contributed by atoms with Gasteiger partial charge in [-0.1, -0.05) is 103 Å².